The third kappa shape index (κ3) is 4.48. The molecule has 8 heteroatoms. The van der Waals surface area contributed by atoms with Crippen molar-refractivity contribution in [1.29, 1.82) is 0 Å². The molecular weight excluding hydrogens is 392 g/mol. The molecule has 1 aliphatic carbocycles. The molecule has 7 N–H and O–H groups in total. The van der Waals surface area contributed by atoms with Crippen LogP contribution in [0.5, 0.6) is 0 Å². The smallest absolute Gasteiger partial charge is 0.408 e. The molecule has 0 saturated carbocycles. The topological polar surface area (TPSA) is 141 Å². The fourth-order valence-electron chi connectivity index (χ4n) is 3.54. The molecule has 156 valence electrons. The lowest BCUT2D eigenvalue weighted by atomic mass is 10.1. The number of carbonyl (C=O) groups is 1. The fourth-order valence-corrected chi connectivity index (χ4v) is 3.54. The van der Waals surface area contributed by atoms with Gasteiger partial charge in [-0.05, 0) is 28.8 Å². The van der Waals surface area contributed by atoms with Gasteiger partial charge in [0.05, 0.1) is 5.69 Å². The van der Waals surface area contributed by atoms with Crippen LogP contribution in [0.1, 0.15) is 22.8 Å². The van der Waals surface area contributed by atoms with Crippen LogP contribution in [0, 0.1) is 0 Å². The number of fused-ring (bicyclic) bond motifs is 3. The Hall–Kier alpha value is -4.33. The van der Waals surface area contributed by atoms with E-state index in [9.17, 15) is 4.79 Å². The van der Waals surface area contributed by atoms with E-state index in [-0.39, 0.29) is 11.9 Å². The maximum Gasteiger partial charge on any atom is 0.408 e. The van der Waals surface area contributed by atoms with E-state index in [1.807, 2.05) is 60.7 Å². The predicted octanol–water partition coefficient (Wildman–Crippen LogP) is 2.90. The molecule has 8 nitrogen and oxygen atoms in total. The minimum absolute atomic E-state index is 0.0356. The van der Waals surface area contributed by atoms with Crippen molar-refractivity contribution >= 4 is 23.7 Å². The van der Waals surface area contributed by atoms with Gasteiger partial charge in [-0.1, -0.05) is 60.7 Å². The zero-order valence-corrected chi connectivity index (χ0v) is 16.7. The number of amides is 1. The van der Waals surface area contributed by atoms with Gasteiger partial charge in [-0.15, -0.1) is 0 Å². The van der Waals surface area contributed by atoms with Crippen molar-refractivity contribution < 1.29 is 9.53 Å². The summed E-state index contributed by atoms with van der Waals surface area (Å²) >= 11 is 0. The van der Waals surface area contributed by atoms with Crippen molar-refractivity contribution in [3.8, 4) is 11.1 Å². The molecule has 0 saturated heterocycles. The standard InChI is InChI=1S/C23H22N6O2/c24-21(25)29-22(26)28-15-11-9-14(10-12-15)13-27-23(30)31-20-18-7-3-1-5-16(18)17-6-2-4-8-19(17)20/h1-12,20H,13H2,(H,27,30)(H6,24,25,26,28,29). The average Bonchev–Trinajstić information content (AvgIpc) is 3.07. The van der Waals surface area contributed by atoms with Crippen molar-refractivity contribution in [3.63, 3.8) is 0 Å². The number of guanidine groups is 2. The molecule has 0 unspecified atom stereocenters. The number of ether oxygens (including phenoxy) is 1. The summed E-state index contributed by atoms with van der Waals surface area (Å²) in [6.07, 6.45) is -0.918. The molecule has 0 aromatic heterocycles. The molecule has 31 heavy (non-hydrogen) atoms. The van der Waals surface area contributed by atoms with Gasteiger partial charge in [-0.25, -0.2) is 9.79 Å². The van der Waals surface area contributed by atoms with Crippen LogP contribution in [-0.4, -0.2) is 18.0 Å². The molecule has 0 atom stereocenters. The SMILES string of the molecule is NC(N)=NC(N)=Nc1ccc(CNC(=O)OC2c3ccccc3-c3ccccc32)cc1. The largest absolute Gasteiger partial charge is 0.436 e. The molecule has 3 aromatic carbocycles. The van der Waals surface area contributed by atoms with Crippen molar-refractivity contribution in [2.75, 3.05) is 0 Å². The number of rotatable bonds is 4. The summed E-state index contributed by atoms with van der Waals surface area (Å²) in [6, 6.07) is 23.1. The van der Waals surface area contributed by atoms with Gasteiger partial charge in [0.15, 0.2) is 12.1 Å². The van der Waals surface area contributed by atoms with Gasteiger partial charge >= 0.3 is 6.09 Å². The maximum absolute atomic E-state index is 12.5. The lowest BCUT2D eigenvalue weighted by Gasteiger charge is -2.15. The Labute approximate surface area is 179 Å². The summed E-state index contributed by atoms with van der Waals surface area (Å²) in [5.41, 5.74) is 21.8. The number of carbonyl (C=O) groups excluding carboxylic acids is 1. The second kappa shape index (κ2) is 8.58. The molecule has 0 bridgehead atoms. The first-order valence-corrected chi connectivity index (χ1v) is 9.66. The monoisotopic (exact) mass is 414 g/mol. The highest BCUT2D eigenvalue weighted by atomic mass is 16.6. The molecular formula is C23H22N6O2. The van der Waals surface area contributed by atoms with Gasteiger partial charge in [-0.3, -0.25) is 0 Å². The summed E-state index contributed by atoms with van der Waals surface area (Å²) in [5.74, 6) is -0.195. The fraction of sp³-hybridized carbons (Fsp3) is 0.0870. The van der Waals surface area contributed by atoms with Gasteiger partial charge in [-0.2, -0.15) is 4.99 Å². The Kier molecular flexibility index (Phi) is 5.53. The van der Waals surface area contributed by atoms with Crippen LogP contribution in [0.25, 0.3) is 11.1 Å². The average molecular weight is 414 g/mol. The van der Waals surface area contributed by atoms with Crippen LogP contribution in [0.2, 0.25) is 0 Å². The van der Waals surface area contributed by atoms with Crippen LogP contribution >= 0.6 is 0 Å². The van der Waals surface area contributed by atoms with Crippen LogP contribution in [-0.2, 0) is 11.3 Å². The van der Waals surface area contributed by atoms with Gasteiger partial charge in [0.1, 0.15) is 0 Å². The number of hydrogen-bond acceptors (Lipinski definition) is 3. The Morgan fingerprint density at radius 1 is 0.871 bits per heavy atom. The van der Waals surface area contributed by atoms with Crippen LogP contribution in [0.4, 0.5) is 10.5 Å². The van der Waals surface area contributed by atoms with E-state index in [4.69, 9.17) is 21.9 Å². The quantitative estimate of drug-likeness (QED) is 0.384. The van der Waals surface area contributed by atoms with Crippen LogP contribution in [0.3, 0.4) is 0 Å². The summed E-state index contributed by atoms with van der Waals surface area (Å²) < 4.78 is 5.77. The number of alkyl carbamates (subject to hydrolysis) is 1. The third-order valence-corrected chi connectivity index (χ3v) is 4.86. The number of aliphatic imine (C=N–C) groups is 2. The van der Waals surface area contributed by atoms with E-state index in [0.29, 0.717) is 12.2 Å². The van der Waals surface area contributed by atoms with Crippen LogP contribution in [0.15, 0.2) is 82.8 Å². The van der Waals surface area contributed by atoms with Crippen molar-refractivity contribution in [2.45, 2.75) is 12.6 Å². The number of nitrogens with zero attached hydrogens (tertiary/aromatic N) is 2. The number of nitrogens with one attached hydrogen (secondary N) is 1. The minimum Gasteiger partial charge on any atom is -0.436 e. The second-order valence-electron chi connectivity index (χ2n) is 6.99. The minimum atomic E-state index is -0.490. The predicted molar refractivity (Wildman–Crippen MR) is 121 cm³/mol. The highest BCUT2D eigenvalue weighted by Gasteiger charge is 2.30. The van der Waals surface area contributed by atoms with Crippen molar-refractivity contribution in [1.82, 2.24) is 5.32 Å². The highest BCUT2D eigenvalue weighted by Crippen LogP contribution is 2.44. The molecule has 3 aromatic rings. The second-order valence-corrected chi connectivity index (χ2v) is 6.99. The lowest BCUT2D eigenvalue weighted by Crippen LogP contribution is -2.26. The van der Waals surface area contributed by atoms with Crippen molar-refractivity contribution in [2.24, 2.45) is 27.2 Å². The molecule has 0 fully saturated rings. The number of benzene rings is 3. The molecule has 0 heterocycles. The zero-order valence-electron chi connectivity index (χ0n) is 16.7. The van der Waals surface area contributed by atoms with E-state index in [1.165, 1.54) is 0 Å². The van der Waals surface area contributed by atoms with Gasteiger partial charge in [0, 0.05) is 17.7 Å². The summed E-state index contributed by atoms with van der Waals surface area (Å²) in [7, 11) is 0. The maximum atomic E-state index is 12.5. The molecule has 0 spiro atoms. The summed E-state index contributed by atoms with van der Waals surface area (Å²) in [5, 5.41) is 2.80. The van der Waals surface area contributed by atoms with Gasteiger partial charge in [0.25, 0.3) is 0 Å². The van der Waals surface area contributed by atoms with E-state index < -0.39 is 12.2 Å². The van der Waals surface area contributed by atoms with E-state index >= 15 is 0 Å². The normalized spacial score (nSPS) is 12.6. The molecule has 0 radical (unpaired) electrons. The molecule has 1 amide bonds. The first kappa shape index (κ1) is 20.0. The Balaban J connectivity index is 1.40. The van der Waals surface area contributed by atoms with Gasteiger partial charge < -0.3 is 27.3 Å². The Bertz CT molecular complexity index is 1120. The van der Waals surface area contributed by atoms with E-state index in [2.05, 4.69) is 15.3 Å². The zero-order chi connectivity index (χ0) is 21.8. The van der Waals surface area contributed by atoms with Crippen LogP contribution < -0.4 is 22.5 Å². The summed E-state index contributed by atoms with van der Waals surface area (Å²) in [6.45, 7) is 0.308. The van der Waals surface area contributed by atoms with Crippen molar-refractivity contribution in [3.05, 3.63) is 89.5 Å². The Morgan fingerprint density at radius 2 is 1.45 bits per heavy atom. The number of nitrogens with two attached hydrogens (primary N) is 3. The lowest BCUT2D eigenvalue weighted by molar-refractivity contribution is 0.118. The van der Waals surface area contributed by atoms with Gasteiger partial charge in [0.2, 0.25) is 5.96 Å². The van der Waals surface area contributed by atoms with E-state index in [1.54, 1.807) is 12.1 Å². The molecule has 1 aliphatic rings. The molecule has 0 aliphatic heterocycles. The third-order valence-electron chi connectivity index (χ3n) is 4.86. The summed E-state index contributed by atoms with van der Waals surface area (Å²) in [4.78, 5) is 20.2. The first-order valence-electron chi connectivity index (χ1n) is 9.66. The Morgan fingerprint density at radius 3 is 2.03 bits per heavy atom. The number of hydrogen-bond donors (Lipinski definition) is 4. The molecule has 4 rings (SSSR count). The van der Waals surface area contributed by atoms with E-state index in [0.717, 1.165) is 27.8 Å². The highest BCUT2D eigenvalue weighted by molar-refractivity contribution is 5.93. The first-order chi connectivity index (χ1) is 15.0.